The molecular formula is C33H35N7O9S. The van der Waals surface area contributed by atoms with Gasteiger partial charge in [0.25, 0.3) is 0 Å². The Morgan fingerprint density at radius 1 is 1.02 bits per heavy atom. The minimum absolute atomic E-state index is 0.0163. The summed E-state index contributed by atoms with van der Waals surface area (Å²) in [6.45, 7) is 5.68. The second-order valence-corrected chi connectivity index (χ2v) is 15.7. The maximum atomic E-state index is 13.8. The average molecular weight is 706 g/mol. The van der Waals surface area contributed by atoms with Gasteiger partial charge >= 0.3 is 12.2 Å². The highest BCUT2D eigenvalue weighted by Crippen LogP contribution is 2.67. The van der Waals surface area contributed by atoms with Crippen LogP contribution in [0.5, 0.6) is 11.5 Å². The van der Waals surface area contributed by atoms with Gasteiger partial charge in [0, 0.05) is 24.4 Å². The number of hydrogen-bond donors (Lipinski definition) is 2. The summed E-state index contributed by atoms with van der Waals surface area (Å²) in [6, 6.07) is 10.2. The Morgan fingerprint density at radius 2 is 1.76 bits per heavy atom. The first-order chi connectivity index (χ1) is 23.7. The van der Waals surface area contributed by atoms with Crippen LogP contribution in [-0.4, -0.2) is 95.8 Å². The van der Waals surface area contributed by atoms with Gasteiger partial charge in [0.05, 0.1) is 42.3 Å². The van der Waals surface area contributed by atoms with Crippen molar-refractivity contribution >= 4 is 62.0 Å². The predicted octanol–water partition coefficient (Wildman–Crippen LogP) is 4.06. The first kappa shape index (κ1) is 33.1. The molecule has 0 bridgehead atoms. The molecule has 0 radical (unpaired) electrons. The van der Waals surface area contributed by atoms with Gasteiger partial charge in [-0.05, 0) is 68.7 Å². The van der Waals surface area contributed by atoms with E-state index in [9.17, 15) is 27.9 Å². The molecule has 17 heteroatoms. The van der Waals surface area contributed by atoms with E-state index >= 15 is 0 Å². The monoisotopic (exact) mass is 705 g/mol. The van der Waals surface area contributed by atoms with Crippen LogP contribution in [0.1, 0.15) is 44.2 Å². The minimum Gasteiger partial charge on any atom is -0.497 e. The van der Waals surface area contributed by atoms with Crippen molar-refractivity contribution in [3.63, 3.8) is 0 Å². The number of benzene rings is 2. The fourth-order valence-corrected chi connectivity index (χ4v) is 8.00. The lowest BCUT2D eigenvalue weighted by molar-refractivity contribution is -0.119. The molecule has 2 aliphatic heterocycles. The number of nitrogens with one attached hydrogen (secondary N) is 1. The van der Waals surface area contributed by atoms with Crippen molar-refractivity contribution in [2.45, 2.75) is 44.1 Å². The normalized spacial score (nSPS) is 20.9. The van der Waals surface area contributed by atoms with Crippen LogP contribution in [0.15, 0.2) is 42.7 Å². The summed E-state index contributed by atoms with van der Waals surface area (Å²) >= 11 is 0. The number of sulfone groups is 1. The third-order valence-corrected chi connectivity index (χ3v) is 10.8. The van der Waals surface area contributed by atoms with E-state index in [4.69, 9.17) is 14.2 Å². The van der Waals surface area contributed by atoms with Crippen LogP contribution in [0, 0.1) is 0 Å². The van der Waals surface area contributed by atoms with E-state index in [-0.39, 0.29) is 42.0 Å². The second-order valence-electron chi connectivity index (χ2n) is 13.4. The van der Waals surface area contributed by atoms with Gasteiger partial charge in [-0.15, -0.1) is 5.10 Å². The van der Waals surface area contributed by atoms with Crippen molar-refractivity contribution in [1.29, 1.82) is 0 Å². The van der Waals surface area contributed by atoms with Crippen LogP contribution in [0.25, 0.3) is 10.9 Å². The fraction of sp³-hybridized carbons (Fsp3) is 0.394. The summed E-state index contributed by atoms with van der Waals surface area (Å²) in [7, 11) is -0.185. The number of carboxylic acid groups (broad SMARTS) is 1. The van der Waals surface area contributed by atoms with Gasteiger partial charge in [-0.3, -0.25) is 4.79 Å². The van der Waals surface area contributed by atoms with E-state index < -0.39 is 44.9 Å². The maximum Gasteiger partial charge on any atom is 0.435 e. The van der Waals surface area contributed by atoms with Gasteiger partial charge in [-0.25, -0.2) is 32.9 Å². The van der Waals surface area contributed by atoms with Gasteiger partial charge < -0.3 is 29.5 Å². The van der Waals surface area contributed by atoms with E-state index in [0.29, 0.717) is 45.7 Å². The largest absolute Gasteiger partial charge is 0.497 e. The summed E-state index contributed by atoms with van der Waals surface area (Å²) in [4.78, 5) is 50.8. The highest BCUT2D eigenvalue weighted by atomic mass is 32.2. The van der Waals surface area contributed by atoms with Gasteiger partial charge in [0.1, 0.15) is 17.7 Å². The lowest BCUT2D eigenvalue weighted by Crippen LogP contribution is -2.40. The van der Waals surface area contributed by atoms with Crippen LogP contribution < -0.4 is 24.6 Å². The Labute approximate surface area is 286 Å². The third kappa shape index (κ3) is 5.41. The molecule has 1 aliphatic carbocycles. The van der Waals surface area contributed by atoms with Crippen LogP contribution in [0.3, 0.4) is 0 Å². The Kier molecular flexibility index (Phi) is 7.65. The molecule has 262 valence electrons. The number of rotatable bonds is 6. The number of amides is 2. The predicted molar refractivity (Wildman–Crippen MR) is 182 cm³/mol. The molecule has 2 aromatic heterocycles. The molecule has 1 saturated heterocycles. The third-order valence-electron chi connectivity index (χ3n) is 9.21. The quantitative estimate of drug-likeness (QED) is 0.291. The first-order valence-electron chi connectivity index (χ1n) is 15.8. The number of carbonyl (C=O) groups is 3. The van der Waals surface area contributed by atoms with Crippen molar-refractivity contribution in [2.75, 3.05) is 53.9 Å². The van der Waals surface area contributed by atoms with Crippen molar-refractivity contribution in [3.8, 4) is 11.5 Å². The molecule has 2 amide bonds. The van der Waals surface area contributed by atoms with Gasteiger partial charge in [-0.2, -0.15) is 4.68 Å². The van der Waals surface area contributed by atoms with Crippen molar-refractivity contribution in [2.24, 2.45) is 0 Å². The lowest BCUT2D eigenvalue weighted by atomic mass is 9.91. The minimum atomic E-state index is -3.14. The number of ether oxygens (including phenoxy) is 3. The molecular weight excluding hydrogens is 670 g/mol. The molecule has 0 unspecified atom stereocenters. The van der Waals surface area contributed by atoms with Crippen LogP contribution in [0.2, 0.25) is 0 Å². The Balaban J connectivity index is 1.29. The zero-order chi connectivity index (χ0) is 35.7. The zero-order valence-electron chi connectivity index (χ0n) is 28.0. The van der Waals surface area contributed by atoms with Gasteiger partial charge in [-0.1, -0.05) is 6.07 Å². The number of hydrogen-bond acceptors (Lipinski definition) is 13. The molecule has 2 N–H and O–H groups in total. The molecule has 3 aliphatic rings. The number of aromatic nitrogens is 4. The number of methoxy groups -OCH3 is 2. The Hall–Kier alpha value is -5.45. The van der Waals surface area contributed by atoms with Crippen molar-refractivity contribution in [1.82, 2.24) is 19.7 Å². The molecule has 2 fully saturated rings. The molecule has 1 spiro atoms. The molecule has 1 saturated carbocycles. The second kappa shape index (κ2) is 11.6. The maximum absolute atomic E-state index is 13.8. The molecule has 4 aromatic rings. The van der Waals surface area contributed by atoms with Crippen molar-refractivity contribution in [3.05, 3.63) is 53.9 Å². The number of nitrogens with zero attached hydrogens (tertiary/aromatic N) is 6. The van der Waals surface area contributed by atoms with Gasteiger partial charge in [0.2, 0.25) is 11.7 Å². The van der Waals surface area contributed by atoms with Crippen LogP contribution >= 0.6 is 0 Å². The molecule has 4 heterocycles. The smallest absolute Gasteiger partial charge is 0.435 e. The van der Waals surface area contributed by atoms with Crippen LogP contribution in [-0.2, 0) is 24.8 Å². The van der Waals surface area contributed by atoms with Crippen LogP contribution in [0.4, 0.5) is 32.7 Å². The highest BCUT2D eigenvalue weighted by Gasteiger charge is 2.68. The van der Waals surface area contributed by atoms with E-state index in [0.717, 1.165) is 9.58 Å². The molecule has 7 rings (SSSR count). The summed E-state index contributed by atoms with van der Waals surface area (Å²) < 4.78 is 42.0. The van der Waals surface area contributed by atoms with E-state index in [1.165, 1.54) is 20.5 Å². The number of anilines is 4. The number of imide groups is 1. The van der Waals surface area contributed by atoms with E-state index in [1.54, 1.807) is 51.1 Å². The number of carbonyl (C=O) groups excluding carboxylic acids is 2. The fourth-order valence-electron chi connectivity index (χ4n) is 6.80. The molecule has 2 atom stereocenters. The van der Waals surface area contributed by atoms with E-state index in [1.807, 2.05) is 11.0 Å². The topological polar surface area (TPSA) is 195 Å². The summed E-state index contributed by atoms with van der Waals surface area (Å²) in [5.41, 5.74) is -0.0246. The Morgan fingerprint density at radius 3 is 2.42 bits per heavy atom. The molecule has 16 nitrogen and oxygen atoms in total. The standard InChI is InChI=1S/C33H35N7O9S/c1-32(2,3)49-31(44)40-24-14-18(22-16-33(22)21-15-19(47-4)7-9-23(21)39(29(33)41)30(42)43)6-8-20(24)26(37-40)36-27-25(48-5)28(35-17-34-27)38-10-12-50(45,46)13-11-38/h6-9,14-15,17,22H,10-13,16H2,1-5H3,(H,42,43)(H,34,35,36,37)/t22-,33-/m0/s1. The molecule has 2 aromatic carbocycles. The SMILES string of the molecule is COc1ccc2c(c1)[C@]1(C[C@H]1c1ccc3c(Nc4ncnc(N5CCS(=O)(=O)CC5)c4OC)nn(C(=O)OC(C)(C)C)c3c1)C(=O)N2C(=O)O. The van der Waals surface area contributed by atoms with Crippen molar-refractivity contribution < 1.29 is 42.1 Å². The Bertz CT molecular complexity index is 2180. The van der Waals surface area contributed by atoms with E-state index in [2.05, 4.69) is 20.4 Å². The average Bonchev–Trinajstić information content (AvgIpc) is 3.65. The zero-order valence-corrected chi connectivity index (χ0v) is 28.8. The lowest BCUT2D eigenvalue weighted by Gasteiger charge is -2.29. The summed E-state index contributed by atoms with van der Waals surface area (Å²) in [6.07, 6.45) is -0.433. The summed E-state index contributed by atoms with van der Waals surface area (Å²) in [5.74, 6) is 0.682. The summed E-state index contributed by atoms with van der Waals surface area (Å²) in [5, 5.41) is 18.2. The highest BCUT2D eigenvalue weighted by molar-refractivity contribution is 7.91. The first-order valence-corrected chi connectivity index (χ1v) is 17.6. The molecule has 50 heavy (non-hydrogen) atoms. The van der Waals surface area contributed by atoms with Gasteiger partial charge in [0.15, 0.2) is 27.3 Å². The number of fused-ring (bicyclic) bond motifs is 3.